The number of nitrogens with one attached hydrogen (secondary N) is 1. The molecule has 0 unspecified atom stereocenters. The van der Waals surface area contributed by atoms with Gasteiger partial charge in [0.05, 0.1) is 6.20 Å². The number of aromatic nitrogens is 2. The number of carbonyl (C=O) groups is 1. The minimum atomic E-state index is -3.42. The van der Waals surface area contributed by atoms with Crippen LogP contribution < -0.4 is 4.72 Å². The molecule has 8 heteroatoms. The van der Waals surface area contributed by atoms with E-state index < -0.39 is 15.3 Å². The van der Waals surface area contributed by atoms with E-state index in [1.165, 1.54) is 0 Å². The monoisotopic (exact) mass is 362 g/mol. The van der Waals surface area contributed by atoms with Crippen molar-refractivity contribution < 1.29 is 13.2 Å². The van der Waals surface area contributed by atoms with E-state index in [1.54, 1.807) is 40.0 Å². The lowest BCUT2D eigenvalue weighted by atomic mass is 10.1. The van der Waals surface area contributed by atoms with Gasteiger partial charge in [-0.3, -0.25) is 9.48 Å². The fourth-order valence-corrected chi connectivity index (χ4v) is 4.17. The second-order valence-electron chi connectivity index (χ2n) is 6.27. The zero-order valence-electron chi connectivity index (χ0n) is 14.3. The van der Waals surface area contributed by atoms with Crippen molar-refractivity contribution in [1.29, 1.82) is 0 Å². The van der Waals surface area contributed by atoms with E-state index in [1.807, 2.05) is 20.0 Å². The van der Waals surface area contributed by atoms with E-state index in [2.05, 4.69) is 9.82 Å². The highest BCUT2D eigenvalue weighted by atomic mass is 32.2. The van der Waals surface area contributed by atoms with Gasteiger partial charge in [0, 0.05) is 37.9 Å². The molecule has 25 heavy (non-hydrogen) atoms. The molecule has 1 aromatic carbocycles. The van der Waals surface area contributed by atoms with Crippen LogP contribution in [0, 0.1) is 6.92 Å². The van der Waals surface area contributed by atoms with Crippen LogP contribution in [0.5, 0.6) is 0 Å². The summed E-state index contributed by atoms with van der Waals surface area (Å²) in [6.07, 6.45) is 2.35. The Morgan fingerprint density at radius 2 is 1.96 bits per heavy atom. The molecule has 1 N–H and O–H groups in total. The highest BCUT2D eigenvalue weighted by molar-refractivity contribution is 7.90. The Morgan fingerprint density at radius 3 is 2.56 bits per heavy atom. The van der Waals surface area contributed by atoms with Crippen molar-refractivity contribution in [3.8, 4) is 0 Å². The number of likely N-dealkylation sites (tertiary alicyclic amines) is 1. The van der Waals surface area contributed by atoms with Gasteiger partial charge in [0.2, 0.25) is 10.0 Å². The normalized spacial score (nSPS) is 15.2. The highest BCUT2D eigenvalue weighted by Crippen LogP contribution is 2.18. The number of carbonyl (C=O) groups excluding carboxylic acids is 1. The number of amides is 1. The molecule has 1 aliphatic rings. The van der Waals surface area contributed by atoms with Crippen molar-refractivity contribution in [1.82, 2.24) is 19.4 Å². The first-order valence-corrected chi connectivity index (χ1v) is 9.73. The van der Waals surface area contributed by atoms with Crippen LogP contribution in [-0.2, 0) is 23.5 Å². The molecule has 2 aromatic rings. The van der Waals surface area contributed by atoms with Gasteiger partial charge in [-0.05, 0) is 31.0 Å². The van der Waals surface area contributed by atoms with Crippen molar-refractivity contribution >= 4 is 15.9 Å². The summed E-state index contributed by atoms with van der Waals surface area (Å²) in [7, 11) is -1.56. The first-order chi connectivity index (χ1) is 11.9. The van der Waals surface area contributed by atoms with Gasteiger partial charge >= 0.3 is 0 Å². The topological polar surface area (TPSA) is 84.3 Å². The van der Waals surface area contributed by atoms with Crippen LogP contribution in [0.1, 0.15) is 21.6 Å². The maximum Gasteiger partial charge on any atom is 0.253 e. The van der Waals surface area contributed by atoms with Crippen molar-refractivity contribution in [2.45, 2.75) is 18.6 Å². The quantitative estimate of drug-likeness (QED) is 0.820. The summed E-state index contributed by atoms with van der Waals surface area (Å²) in [4.78, 5) is 13.8. The molecular formula is C17H22N4O3S. The van der Waals surface area contributed by atoms with Crippen molar-refractivity contribution in [2.75, 3.05) is 19.6 Å². The predicted octanol–water partition coefficient (Wildman–Crippen LogP) is 0.715. The Balaban J connectivity index is 1.49. The van der Waals surface area contributed by atoms with Crippen LogP contribution >= 0.6 is 0 Å². The van der Waals surface area contributed by atoms with Crippen LogP contribution in [0.15, 0.2) is 36.5 Å². The van der Waals surface area contributed by atoms with Gasteiger partial charge < -0.3 is 4.90 Å². The average Bonchev–Trinajstić information content (AvgIpc) is 2.86. The Labute approximate surface area is 147 Å². The van der Waals surface area contributed by atoms with Gasteiger partial charge in [-0.2, -0.15) is 5.10 Å². The van der Waals surface area contributed by atoms with Gasteiger partial charge in [0.25, 0.3) is 5.91 Å². The van der Waals surface area contributed by atoms with Gasteiger partial charge in [0.15, 0.2) is 0 Å². The zero-order chi connectivity index (χ0) is 18.0. The van der Waals surface area contributed by atoms with Crippen molar-refractivity contribution in [3.05, 3.63) is 53.3 Å². The van der Waals surface area contributed by atoms with Gasteiger partial charge in [0.1, 0.15) is 5.25 Å². The Kier molecular flexibility index (Phi) is 4.91. The van der Waals surface area contributed by atoms with E-state index in [0.29, 0.717) is 18.5 Å². The van der Waals surface area contributed by atoms with Crippen molar-refractivity contribution in [2.24, 2.45) is 7.05 Å². The van der Waals surface area contributed by atoms with Crippen LogP contribution in [0.25, 0.3) is 0 Å². The van der Waals surface area contributed by atoms with Gasteiger partial charge in [-0.1, -0.05) is 18.2 Å². The number of rotatable bonds is 6. The van der Waals surface area contributed by atoms with E-state index in [-0.39, 0.29) is 19.0 Å². The summed E-state index contributed by atoms with van der Waals surface area (Å²) < 4.78 is 29.1. The van der Waals surface area contributed by atoms with Crippen LogP contribution in [0.3, 0.4) is 0 Å². The largest absolute Gasteiger partial charge is 0.336 e. The Hall–Kier alpha value is -2.19. The second-order valence-corrected chi connectivity index (χ2v) is 8.31. The number of nitrogens with zero attached hydrogens (tertiary/aromatic N) is 3. The maximum atomic E-state index is 12.3. The predicted molar refractivity (Wildman–Crippen MR) is 94.7 cm³/mol. The first kappa shape index (κ1) is 17.6. The molecule has 1 fully saturated rings. The molecule has 0 radical (unpaired) electrons. The Morgan fingerprint density at radius 1 is 1.28 bits per heavy atom. The third-order valence-corrected chi connectivity index (χ3v) is 6.41. The molecule has 0 aliphatic carbocycles. The van der Waals surface area contributed by atoms with E-state index in [9.17, 15) is 13.2 Å². The highest BCUT2D eigenvalue weighted by Gasteiger charge is 2.39. The summed E-state index contributed by atoms with van der Waals surface area (Å²) in [5.41, 5.74) is 2.64. The van der Waals surface area contributed by atoms with Gasteiger partial charge in [-0.15, -0.1) is 0 Å². The number of hydrogen-bond acceptors (Lipinski definition) is 4. The Bertz CT molecular complexity index is 855. The van der Waals surface area contributed by atoms with Crippen LogP contribution in [-0.4, -0.2) is 53.9 Å². The molecule has 1 aliphatic heterocycles. The standard InChI is InChI=1S/C17H22N4O3S/c1-13-15(10-18-20(13)2)8-9-19-25(23,24)16-11-21(12-16)17(22)14-6-4-3-5-7-14/h3-7,10,16,19H,8-9,11-12H2,1-2H3. The van der Waals surface area contributed by atoms with Gasteiger partial charge in [-0.25, -0.2) is 13.1 Å². The lowest BCUT2D eigenvalue weighted by Gasteiger charge is -2.38. The summed E-state index contributed by atoms with van der Waals surface area (Å²) in [6, 6.07) is 8.90. The van der Waals surface area contributed by atoms with Crippen molar-refractivity contribution in [3.63, 3.8) is 0 Å². The molecule has 1 amide bonds. The number of aryl methyl sites for hydroxylation is 1. The first-order valence-electron chi connectivity index (χ1n) is 8.19. The van der Waals surface area contributed by atoms with E-state index in [0.717, 1.165) is 11.3 Å². The molecule has 0 bridgehead atoms. The molecule has 1 saturated heterocycles. The number of sulfonamides is 1. The summed E-state index contributed by atoms with van der Waals surface area (Å²) in [6.45, 7) is 2.75. The molecule has 2 heterocycles. The third-order valence-electron chi connectivity index (χ3n) is 4.63. The van der Waals surface area contributed by atoms with Crippen LogP contribution in [0.2, 0.25) is 0 Å². The zero-order valence-corrected chi connectivity index (χ0v) is 15.2. The SMILES string of the molecule is Cc1c(CCNS(=O)(=O)C2CN(C(=O)c3ccccc3)C2)cnn1C. The van der Waals surface area contributed by atoms with E-state index in [4.69, 9.17) is 0 Å². The summed E-state index contributed by atoms with van der Waals surface area (Å²) in [5, 5.41) is 3.60. The fraction of sp³-hybridized carbons (Fsp3) is 0.412. The molecule has 1 aromatic heterocycles. The lowest BCUT2D eigenvalue weighted by Crippen LogP contribution is -2.59. The summed E-state index contributed by atoms with van der Waals surface area (Å²) >= 11 is 0. The average molecular weight is 362 g/mol. The maximum absolute atomic E-state index is 12.3. The third kappa shape index (κ3) is 3.74. The van der Waals surface area contributed by atoms with Crippen LogP contribution in [0.4, 0.5) is 0 Å². The number of benzene rings is 1. The minimum Gasteiger partial charge on any atom is -0.336 e. The molecular weight excluding hydrogens is 340 g/mol. The fourth-order valence-electron chi connectivity index (χ4n) is 2.80. The molecule has 0 atom stereocenters. The molecule has 3 rings (SSSR count). The second kappa shape index (κ2) is 6.97. The lowest BCUT2D eigenvalue weighted by molar-refractivity contribution is 0.0658. The number of hydrogen-bond donors (Lipinski definition) is 1. The smallest absolute Gasteiger partial charge is 0.253 e. The molecule has 0 saturated carbocycles. The molecule has 7 nitrogen and oxygen atoms in total. The minimum absolute atomic E-state index is 0.127. The summed E-state index contributed by atoms with van der Waals surface area (Å²) in [5.74, 6) is -0.127. The van der Waals surface area contributed by atoms with E-state index >= 15 is 0 Å². The molecule has 134 valence electrons. The molecule has 0 spiro atoms.